The molecule has 0 aliphatic carbocycles. The first-order valence-corrected chi connectivity index (χ1v) is 11.1. The number of carbonyl (C=O) groups excluding carboxylic acids is 1. The van der Waals surface area contributed by atoms with Crippen molar-refractivity contribution in [3.63, 3.8) is 0 Å². The predicted molar refractivity (Wildman–Crippen MR) is 101 cm³/mol. The number of likely N-dealkylation sites (tertiary alicyclic amines) is 1. The van der Waals surface area contributed by atoms with Crippen molar-refractivity contribution in [1.82, 2.24) is 9.21 Å². The molecule has 1 N–H and O–H groups in total. The van der Waals surface area contributed by atoms with Gasteiger partial charge in [-0.25, -0.2) is 8.42 Å². The van der Waals surface area contributed by atoms with E-state index in [1.165, 1.54) is 28.9 Å². The maximum atomic E-state index is 12.8. The van der Waals surface area contributed by atoms with Gasteiger partial charge >= 0.3 is 0 Å². The van der Waals surface area contributed by atoms with Gasteiger partial charge in [-0.1, -0.05) is 23.2 Å². The molecule has 0 unspecified atom stereocenters. The van der Waals surface area contributed by atoms with E-state index in [2.05, 4.69) is 0 Å². The summed E-state index contributed by atoms with van der Waals surface area (Å²) in [5.74, 6) is 0.181. The average molecular weight is 421 g/mol. The van der Waals surface area contributed by atoms with E-state index in [4.69, 9.17) is 23.2 Å². The fourth-order valence-corrected chi connectivity index (χ4v) is 5.31. The minimum absolute atomic E-state index is 0.153. The maximum absolute atomic E-state index is 12.8. The molecule has 1 aromatic rings. The minimum Gasteiger partial charge on any atom is -0.338 e. The molecule has 2 saturated heterocycles. The Bertz CT molecular complexity index is 759. The molecule has 0 spiro atoms. The van der Waals surface area contributed by atoms with Crippen LogP contribution in [0.2, 0.25) is 10.0 Å². The Labute approximate surface area is 164 Å². The Balaban J connectivity index is 1.57. The van der Waals surface area contributed by atoms with E-state index in [0.29, 0.717) is 37.7 Å². The zero-order valence-electron chi connectivity index (χ0n) is 14.6. The predicted octanol–water partition coefficient (Wildman–Crippen LogP) is 0.895. The third kappa shape index (κ3) is 4.51. The molecule has 2 aliphatic rings. The molecule has 3 rings (SSSR count). The fourth-order valence-electron chi connectivity index (χ4n) is 3.47. The van der Waals surface area contributed by atoms with Crippen molar-refractivity contribution in [2.45, 2.75) is 24.2 Å². The molecule has 144 valence electrons. The average Bonchev–Trinajstić information content (AvgIpc) is 2.65. The lowest BCUT2D eigenvalue weighted by Crippen LogP contribution is -3.15. The Hall–Kier alpha value is -0.860. The largest absolute Gasteiger partial charge is 0.338 e. The first kappa shape index (κ1) is 19.9. The van der Waals surface area contributed by atoms with Crippen molar-refractivity contribution in [2.24, 2.45) is 0 Å². The van der Waals surface area contributed by atoms with E-state index >= 15 is 0 Å². The van der Waals surface area contributed by atoms with Crippen LogP contribution >= 0.6 is 23.2 Å². The summed E-state index contributed by atoms with van der Waals surface area (Å²) in [4.78, 5) is 15.6. The van der Waals surface area contributed by atoms with E-state index in [1.807, 2.05) is 4.90 Å². The van der Waals surface area contributed by atoms with Gasteiger partial charge in [0, 0.05) is 13.1 Å². The van der Waals surface area contributed by atoms with Crippen molar-refractivity contribution in [3.8, 4) is 0 Å². The number of amides is 1. The third-order valence-corrected chi connectivity index (χ3v) is 7.70. The van der Waals surface area contributed by atoms with Crippen LogP contribution in [0.5, 0.6) is 0 Å². The molecule has 0 radical (unpaired) electrons. The minimum atomic E-state index is -3.59. The van der Waals surface area contributed by atoms with Crippen molar-refractivity contribution < 1.29 is 18.1 Å². The summed E-state index contributed by atoms with van der Waals surface area (Å²) < 4.78 is 27.0. The molecule has 2 aliphatic heterocycles. The second-order valence-corrected chi connectivity index (χ2v) is 9.60. The molecule has 0 atom stereocenters. The van der Waals surface area contributed by atoms with E-state index < -0.39 is 10.0 Å². The number of benzene rings is 1. The van der Waals surface area contributed by atoms with Gasteiger partial charge in [0.1, 0.15) is 0 Å². The highest BCUT2D eigenvalue weighted by atomic mass is 35.5. The van der Waals surface area contributed by atoms with Crippen LogP contribution in [0.4, 0.5) is 0 Å². The summed E-state index contributed by atoms with van der Waals surface area (Å²) in [6.07, 6.45) is 3.36. The highest BCUT2D eigenvalue weighted by molar-refractivity contribution is 7.89. The van der Waals surface area contributed by atoms with Gasteiger partial charge < -0.3 is 9.80 Å². The summed E-state index contributed by atoms with van der Waals surface area (Å²) in [6, 6.07) is 4.36. The summed E-state index contributed by atoms with van der Waals surface area (Å²) in [5.41, 5.74) is 0. The molecule has 2 fully saturated rings. The van der Waals surface area contributed by atoms with Gasteiger partial charge in [0.25, 0.3) is 5.91 Å². The number of hydrogen-bond donors (Lipinski definition) is 1. The Morgan fingerprint density at radius 2 is 1.65 bits per heavy atom. The highest BCUT2D eigenvalue weighted by Crippen LogP contribution is 2.26. The molecule has 1 amide bonds. The zero-order chi connectivity index (χ0) is 18.7. The first-order chi connectivity index (χ1) is 12.4. The molecule has 0 bridgehead atoms. The molecule has 2 heterocycles. The number of halogens is 2. The van der Waals surface area contributed by atoms with Crippen LogP contribution in [0, 0.1) is 0 Å². The molecule has 9 heteroatoms. The molecular formula is C17H24Cl2N3O3S+. The van der Waals surface area contributed by atoms with Crippen LogP contribution < -0.4 is 4.90 Å². The Kier molecular flexibility index (Phi) is 6.45. The van der Waals surface area contributed by atoms with E-state index in [1.54, 1.807) is 0 Å². The van der Waals surface area contributed by atoms with Gasteiger partial charge in [-0.2, -0.15) is 4.31 Å². The van der Waals surface area contributed by atoms with E-state index in [9.17, 15) is 13.2 Å². The summed E-state index contributed by atoms with van der Waals surface area (Å²) >= 11 is 11.8. The summed E-state index contributed by atoms with van der Waals surface area (Å²) in [5, 5.41) is 0.556. The number of piperazine rings is 1. The maximum Gasteiger partial charge on any atom is 0.277 e. The van der Waals surface area contributed by atoms with Crippen molar-refractivity contribution in [1.29, 1.82) is 0 Å². The van der Waals surface area contributed by atoms with E-state index in [0.717, 1.165) is 30.8 Å². The number of hydrogen-bond acceptors (Lipinski definition) is 3. The molecular weight excluding hydrogens is 397 g/mol. The Morgan fingerprint density at radius 3 is 2.27 bits per heavy atom. The molecule has 6 nitrogen and oxygen atoms in total. The summed E-state index contributed by atoms with van der Waals surface area (Å²) in [7, 11) is -3.59. The standard InChI is InChI=1S/C17H23Cl2N3O3S/c18-15-5-4-14(12-16(15)19)26(24,25)22-10-8-20(9-11-22)13-17(23)21-6-2-1-3-7-21/h4-5,12H,1-3,6-11,13H2/p+1. The highest BCUT2D eigenvalue weighted by Gasteiger charge is 2.32. The van der Waals surface area contributed by atoms with Crippen LogP contribution in [0.3, 0.4) is 0 Å². The first-order valence-electron chi connectivity index (χ1n) is 8.94. The molecule has 26 heavy (non-hydrogen) atoms. The second-order valence-electron chi connectivity index (χ2n) is 6.85. The van der Waals surface area contributed by atoms with E-state index in [-0.39, 0.29) is 15.8 Å². The zero-order valence-corrected chi connectivity index (χ0v) is 16.9. The molecule has 0 saturated carbocycles. The second kappa shape index (κ2) is 8.44. The topological polar surface area (TPSA) is 62.1 Å². The SMILES string of the molecule is O=C(C[NH+]1CCN(S(=O)(=O)c2ccc(Cl)c(Cl)c2)CC1)N1CCCCC1. The van der Waals surface area contributed by atoms with Gasteiger partial charge in [0.05, 0.1) is 41.1 Å². The number of carbonyl (C=O) groups is 1. The van der Waals surface area contributed by atoms with Crippen molar-refractivity contribution in [2.75, 3.05) is 45.8 Å². The van der Waals surface area contributed by atoms with Gasteiger partial charge in [0.15, 0.2) is 6.54 Å². The van der Waals surface area contributed by atoms with Gasteiger partial charge in [0.2, 0.25) is 10.0 Å². The number of quaternary nitrogens is 1. The number of piperidine rings is 1. The Morgan fingerprint density at radius 1 is 1.00 bits per heavy atom. The number of nitrogens with one attached hydrogen (secondary N) is 1. The number of rotatable bonds is 4. The number of nitrogens with zero attached hydrogens (tertiary/aromatic N) is 2. The normalized spacial score (nSPS) is 20.3. The van der Waals surface area contributed by atoms with Crippen molar-refractivity contribution >= 4 is 39.1 Å². The van der Waals surface area contributed by atoms with Crippen LogP contribution in [-0.2, 0) is 14.8 Å². The van der Waals surface area contributed by atoms with Crippen LogP contribution in [0.1, 0.15) is 19.3 Å². The number of sulfonamides is 1. The van der Waals surface area contributed by atoms with Crippen LogP contribution in [0.15, 0.2) is 23.1 Å². The lowest BCUT2D eigenvalue weighted by Gasteiger charge is -2.33. The van der Waals surface area contributed by atoms with Crippen LogP contribution in [-0.4, -0.2) is 69.3 Å². The van der Waals surface area contributed by atoms with Crippen LogP contribution in [0.25, 0.3) is 0 Å². The lowest BCUT2D eigenvalue weighted by molar-refractivity contribution is -0.896. The smallest absolute Gasteiger partial charge is 0.277 e. The van der Waals surface area contributed by atoms with Crippen molar-refractivity contribution in [3.05, 3.63) is 28.2 Å². The van der Waals surface area contributed by atoms with Gasteiger partial charge in [-0.3, -0.25) is 4.79 Å². The quantitative estimate of drug-likeness (QED) is 0.786. The van der Waals surface area contributed by atoms with Gasteiger partial charge in [-0.05, 0) is 37.5 Å². The monoisotopic (exact) mass is 420 g/mol. The summed E-state index contributed by atoms with van der Waals surface area (Å²) in [6.45, 7) is 4.19. The fraction of sp³-hybridized carbons (Fsp3) is 0.588. The lowest BCUT2D eigenvalue weighted by atomic mass is 10.1. The molecule has 0 aromatic heterocycles. The molecule has 1 aromatic carbocycles. The van der Waals surface area contributed by atoms with Gasteiger partial charge in [-0.15, -0.1) is 0 Å². The third-order valence-electron chi connectivity index (χ3n) is 5.07.